The average Bonchev–Trinajstić information content (AvgIpc) is 2.30. The summed E-state index contributed by atoms with van der Waals surface area (Å²) in [5.74, 6) is 2.37. The number of Topliss-reactive ketones (excluding diaryl/α,β-unsaturated/α-hetero) is 1. The van der Waals surface area contributed by atoms with Gasteiger partial charge in [0, 0.05) is 12.8 Å². The summed E-state index contributed by atoms with van der Waals surface area (Å²) >= 11 is 0. The van der Waals surface area contributed by atoms with Crippen LogP contribution in [0.4, 0.5) is 0 Å². The molecule has 5 heteroatoms. The number of hydrogen-bond acceptors (Lipinski definition) is 4. The molecule has 0 rings (SSSR count). The van der Waals surface area contributed by atoms with E-state index in [4.69, 9.17) is 6.42 Å². The lowest BCUT2D eigenvalue weighted by Gasteiger charge is -2.02. The first-order valence-corrected chi connectivity index (χ1v) is 7.42. The molecule has 0 saturated heterocycles. The molecule has 0 unspecified atom stereocenters. The average molecular weight is 260 g/mol. The highest BCUT2D eigenvalue weighted by Crippen LogP contribution is 2.07. The first kappa shape index (κ1) is 16.1. The van der Waals surface area contributed by atoms with Gasteiger partial charge < -0.3 is 0 Å². The van der Waals surface area contributed by atoms with E-state index in [0.29, 0.717) is 19.3 Å². The van der Waals surface area contributed by atoms with Crippen LogP contribution >= 0.6 is 0 Å². The second-order valence-electron chi connectivity index (χ2n) is 3.78. The summed E-state index contributed by atoms with van der Waals surface area (Å²) < 4.78 is 26.9. The van der Waals surface area contributed by atoms with Gasteiger partial charge in [0.2, 0.25) is 0 Å². The molecule has 0 atom stereocenters. The lowest BCUT2D eigenvalue weighted by Crippen LogP contribution is -2.10. The van der Waals surface area contributed by atoms with E-state index in [9.17, 15) is 13.2 Å². The van der Waals surface area contributed by atoms with E-state index in [1.807, 2.05) is 6.92 Å². The number of terminal acetylenes is 1. The van der Waals surface area contributed by atoms with Gasteiger partial charge >= 0.3 is 0 Å². The maximum Gasteiger partial charge on any atom is 0.268 e. The summed E-state index contributed by atoms with van der Waals surface area (Å²) in [6.07, 6.45) is 9.11. The Balaban J connectivity index is 3.52. The fourth-order valence-electron chi connectivity index (χ4n) is 1.31. The summed E-state index contributed by atoms with van der Waals surface area (Å²) in [7, 11) is -3.46. The molecule has 0 aliphatic heterocycles. The maximum atomic E-state index is 11.2. The molecule has 0 heterocycles. The van der Waals surface area contributed by atoms with Gasteiger partial charge in [0.15, 0.2) is 0 Å². The van der Waals surface area contributed by atoms with Crippen molar-refractivity contribution >= 4 is 15.9 Å². The lowest BCUT2D eigenvalue weighted by atomic mass is 10.1. The third kappa shape index (κ3) is 10.0. The van der Waals surface area contributed by atoms with Crippen molar-refractivity contribution in [3.63, 3.8) is 0 Å². The summed E-state index contributed by atoms with van der Waals surface area (Å²) in [6, 6.07) is 0. The van der Waals surface area contributed by atoms with Crippen molar-refractivity contribution in [2.24, 2.45) is 0 Å². The van der Waals surface area contributed by atoms with Crippen molar-refractivity contribution < 1.29 is 17.4 Å². The van der Waals surface area contributed by atoms with Crippen LogP contribution in [0.25, 0.3) is 0 Å². The highest BCUT2D eigenvalue weighted by molar-refractivity contribution is 7.86. The Morgan fingerprint density at radius 2 is 1.88 bits per heavy atom. The summed E-state index contributed by atoms with van der Waals surface area (Å²) in [4.78, 5) is 11.0. The number of rotatable bonds is 10. The molecular weight excluding hydrogens is 240 g/mol. The third-order valence-electron chi connectivity index (χ3n) is 2.32. The van der Waals surface area contributed by atoms with E-state index in [1.165, 1.54) is 0 Å². The smallest absolute Gasteiger partial charge is 0.268 e. The van der Waals surface area contributed by atoms with E-state index in [0.717, 1.165) is 19.3 Å². The zero-order chi connectivity index (χ0) is 13.1. The Morgan fingerprint density at radius 3 is 2.47 bits per heavy atom. The van der Waals surface area contributed by atoms with Crippen LogP contribution in [-0.4, -0.2) is 26.6 Å². The van der Waals surface area contributed by atoms with Crippen molar-refractivity contribution in [3.05, 3.63) is 0 Å². The van der Waals surface area contributed by atoms with Crippen molar-refractivity contribution in [3.8, 4) is 12.3 Å². The minimum atomic E-state index is -3.46. The Kier molecular flexibility index (Phi) is 8.73. The predicted molar refractivity (Wildman–Crippen MR) is 67.0 cm³/mol. The molecule has 0 aromatic carbocycles. The van der Waals surface area contributed by atoms with Gasteiger partial charge in [0.1, 0.15) is 12.4 Å². The van der Waals surface area contributed by atoms with Crippen molar-refractivity contribution in [2.75, 3.05) is 12.4 Å². The van der Waals surface area contributed by atoms with Crippen molar-refractivity contribution in [1.82, 2.24) is 0 Å². The Bertz CT molecular complexity index is 351. The second-order valence-corrected chi connectivity index (χ2v) is 5.54. The molecule has 0 fully saturated rings. The molecule has 0 N–H and O–H groups in total. The number of carbonyl (C=O) groups is 1. The molecule has 98 valence electrons. The molecule has 0 aromatic heterocycles. The van der Waals surface area contributed by atoms with Gasteiger partial charge in [-0.1, -0.05) is 25.7 Å². The summed E-state index contributed by atoms with van der Waals surface area (Å²) in [6.45, 7) is 1.64. The van der Waals surface area contributed by atoms with Gasteiger partial charge in [-0.25, -0.2) is 0 Å². The third-order valence-corrected chi connectivity index (χ3v) is 3.58. The number of carbonyl (C=O) groups excluding carboxylic acids is 1. The van der Waals surface area contributed by atoms with Crippen LogP contribution in [0.3, 0.4) is 0 Å². The molecule has 0 aliphatic rings. The first-order chi connectivity index (χ1) is 8.02. The first-order valence-electron chi connectivity index (χ1n) is 5.84. The van der Waals surface area contributed by atoms with Crippen molar-refractivity contribution in [2.45, 2.75) is 45.4 Å². The quantitative estimate of drug-likeness (QED) is 0.342. The van der Waals surface area contributed by atoms with Crippen LogP contribution in [0.1, 0.15) is 45.4 Å². The summed E-state index contributed by atoms with van der Waals surface area (Å²) in [5, 5.41) is 0. The van der Waals surface area contributed by atoms with Gasteiger partial charge in [-0.05, 0) is 12.8 Å². The zero-order valence-electron chi connectivity index (χ0n) is 10.3. The highest BCUT2D eigenvalue weighted by atomic mass is 32.2. The topological polar surface area (TPSA) is 60.4 Å². The van der Waals surface area contributed by atoms with E-state index < -0.39 is 10.1 Å². The Morgan fingerprint density at radius 1 is 1.24 bits per heavy atom. The monoisotopic (exact) mass is 260 g/mol. The van der Waals surface area contributed by atoms with Crippen LogP contribution in [0.15, 0.2) is 0 Å². The molecule has 0 spiro atoms. The Hall–Kier alpha value is -0.860. The van der Waals surface area contributed by atoms with Crippen LogP contribution in [0.5, 0.6) is 0 Å². The normalized spacial score (nSPS) is 11.1. The standard InChI is InChI=1S/C12H20O4S/c1-3-10-16-17(14,15)11-8-6-5-7-9-12(13)4-2/h1H,4-11H2,2H3. The van der Waals surface area contributed by atoms with Crippen molar-refractivity contribution in [1.29, 1.82) is 0 Å². The van der Waals surface area contributed by atoms with Crippen LogP contribution in [0.2, 0.25) is 0 Å². The van der Waals surface area contributed by atoms with Gasteiger partial charge in [-0.15, -0.1) is 6.42 Å². The second kappa shape index (κ2) is 9.20. The van der Waals surface area contributed by atoms with E-state index in [2.05, 4.69) is 10.1 Å². The van der Waals surface area contributed by atoms with E-state index in [1.54, 1.807) is 0 Å². The van der Waals surface area contributed by atoms with Crippen LogP contribution in [-0.2, 0) is 19.1 Å². The molecule has 0 saturated carbocycles. The lowest BCUT2D eigenvalue weighted by molar-refractivity contribution is -0.118. The molecule has 4 nitrogen and oxygen atoms in total. The number of hydrogen-bond donors (Lipinski definition) is 0. The van der Waals surface area contributed by atoms with Gasteiger partial charge in [-0.3, -0.25) is 8.98 Å². The van der Waals surface area contributed by atoms with Gasteiger partial charge in [0.05, 0.1) is 5.75 Å². The largest absolute Gasteiger partial charge is 0.300 e. The fraction of sp³-hybridized carbons (Fsp3) is 0.750. The van der Waals surface area contributed by atoms with Crippen LogP contribution < -0.4 is 0 Å². The minimum Gasteiger partial charge on any atom is -0.300 e. The van der Waals surface area contributed by atoms with Gasteiger partial charge in [0.25, 0.3) is 10.1 Å². The molecule has 17 heavy (non-hydrogen) atoms. The molecule has 0 aliphatic carbocycles. The number of unbranched alkanes of at least 4 members (excludes halogenated alkanes) is 3. The molecule has 0 amide bonds. The maximum absolute atomic E-state index is 11.2. The minimum absolute atomic E-state index is 0.00357. The molecule has 0 bridgehead atoms. The molecule has 0 radical (unpaired) electrons. The van der Waals surface area contributed by atoms with Crippen LogP contribution in [0, 0.1) is 12.3 Å². The zero-order valence-corrected chi connectivity index (χ0v) is 11.1. The molecule has 0 aromatic rings. The Labute approximate surface area is 104 Å². The van der Waals surface area contributed by atoms with Gasteiger partial charge in [-0.2, -0.15) is 8.42 Å². The highest BCUT2D eigenvalue weighted by Gasteiger charge is 2.09. The van der Waals surface area contributed by atoms with E-state index >= 15 is 0 Å². The number of ketones is 1. The van der Waals surface area contributed by atoms with E-state index in [-0.39, 0.29) is 18.1 Å². The SMILES string of the molecule is C#CCOS(=O)(=O)CCCCCCC(=O)CC. The fourth-order valence-corrected chi connectivity index (χ4v) is 2.24. The molecular formula is C12H20O4S. The predicted octanol–water partition coefficient (Wildman–Crippen LogP) is 1.90. The summed E-state index contributed by atoms with van der Waals surface area (Å²) in [5.41, 5.74) is 0.